The van der Waals surface area contributed by atoms with E-state index in [1.165, 1.54) is 48.2 Å². The van der Waals surface area contributed by atoms with Gasteiger partial charge in [0.2, 0.25) is 5.91 Å². The van der Waals surface area contributed by atoms with Crippen molar-refractivity contribution in [2.24, 2.45) is 0 Å². The molecule has 0 spiro atoms. The summed E-state index contributed by atoms with van der Waals surface area (Å²) in [6.07, 6.45) is 3.54. The van der Waals surface area contributed by atoms with Crippen molar-refractivity contribution in [2.45, 2.75) is 19.0 Å². The Labute approximate surface area is 172 Å². The average molecular weight is 412 g/mol. The number of non-ortho nitro benzene ring substituents is 1. The van der Waals surface area contributed by atoms with E-state index in [1.54, 1.807) is 6.20 Å². The standard InChI is InChI=1S/C20H20N4O4S/c1-13-4-5-15(10-14(13)2)23-9-8-21-20(23)29-12-19(25)22-17-7-6-16(24(26)27)11-18(17)28-3/h4-11H,12H2,1-3H3,(H,22,25). The number of nitro benzene ring substituents is 1. The van der Waals surface area contributed by atoms with E-state index in [0.717, 1.165) is 5.69 Å². The average Bonchev–Trinajstić information content (AvgIpc) is 3.17. The molecule has 0 aliphatic carbocycles. The molecular weight excluding hydrogens is 392 g/mol. The van der Waals surface area contributed by atoms with E-state index in [2.05, 4.69) is 23.3 Å². The molecule has 0 aliphatic rings. The quantitative estimate of drug-likeness (QED) is 0.356. The first-order valence-electron chi connectivity index (χ1n) is 8.75. The van der Waals surface area contributed by atoms with Crippen LogP contribution in [0.25, 0.3) is 5.69 Å². The lowest BCUT2D eigenvalue weighted by Crippen LogP contribution is -2.15. The Morgan fingerprint density at radius 3 is 2.72 bits per heavy atom. The largest absolute Gasteiger partial charge is 0.494 e. The molecule has 1 amide bonds. The van der Waals surface area contributed by atoms with Crippen LogP contribution in [-0.4, -0.2) is 33.2 Å². The molecule has 1 aromatic heterocycles. The van der Waals surface area contributed by atoms with Crippen molar-refractivity contribution in [3.05, 3.63) is 70.0 Å². The molecule has 8 nitrogen and oxygen atoms in total. The van der Waals surface area contributed by atoms with Crippen LogP contribution in [0.3, 0.4) is 0 Å². The Bertz CT molecular complexity index is 1060. The molecule has 1 heterocycles. The molecule has 0 bridgehead atoms. The number of ether oxygens (including phenoxy) is 1. The van der Waals surface area contributed by atoms with Crippen LogP contribution >= 0.6 is 11.8 Å². The molecule has 2 aromatic carbocycles. The lowest BCUT2D eigenvalue weighted by Gasteiger charge is -2.11. The molecule has 3 rings (SSSR count). The summed E-state index contributed by atoms with van der Waals surface area (Å²) < 4.78 is 7.07. The number of imidazole rings is 1. The van der Waals surface area contributed by atoms with Crippen LogP contribution in [0.2, 0.25) is 0 Å². The second-order valence-electron chi connectivity index (χ2n) is 6.33. The minimum absolute atomic E-state index is 0.107. The number of aromatic nitrogens is 2. The fourth-order valence-electron chi connectivity index (χ4n) is 2.68. The van der Waals surface area contributed by atoms with Gasteiger partial charge >= 0.3 is 0 Å². The van der Waals surface area contributed by atoms with Crippen molar-refractivity contribution in [2.75, 3.05) is 18.2 Å². The Morgan fingerprint density at radius 2 is 2.03 bits per heavy atom. The van der Waals surface area contributed by atoms with Crippen molar-refractivity contribution in [1.29, 1.82) is 0 Å². The fourth-order valence-corrected chi connectivity index (χ4v) is 3.45. The number of benzene rings is 2. The van der Waals surface area contributed by atoms with Gasteiger partial charge in [0.05, 0.1) is 29.5 Å². The predicted molar refractivity (Wildman–Crippen MR) is 112 cm³/mol. The van der Waals surface area contributed by atoms with E-state index in [9.17, 15) is 14.9 Å². The number of nitrogens with zero attached hydrogens (tertiary/aromatic N) is 3. The zero-order chi connectivity index (χ0) is 21.0. The van der Waals surface area contributed by atoms with Crippen molar-refractivity contribution < 1.29 is 14.5 Å². The van der Waals surface area contributed by atoms with Gasteiger partial charge in [-0.05, 0) is 43.2 Å². The van der Waals surface area contributed by atoms with Gasteiger partial charge in [-0.1, -0.05) is 17.8 Å². The number of hydrogen-bond acceptors (Lipinski definition) is 6. The number of nitrogens with one attached hydrogen (secondary N) is 1. The number of carbonyl (C=O) groups is 1. The summed E-state index contributed by atoms with van der Waals surface area (Å²) in [7, 11) is 1.39. The first-order valence-corrected chi connectivity index (χ1v) is 9.73. The third kappa shape index (κ3) is 4.75. The molecule has 0 atom stereocenters. The van der Waals surface area contributed by atoms with E-state index >= 15 is 0 Å². The molecule has 150 valence electrons. The van der Waals surface area contributed by atoms with E-state index in [4.69, 9.17) is 4.74 Å². The first-order chi connectivity index (χ1) is 13.9. The summed E-state index contributed by atoms with van der Waals surface area (Å²) in [6, 6.07) is 10.2. The maximum Gasteiger partial charge on any atom is 0.273 e. The van der Waals surface area contributed by atoms with Gasteiger partial charge < -0.3 is 10.1 Å². The molecule has 0 saturated heterocycles. The number of rotatable bonds is 7. The SMILES string of the molecule is COc1cc([N+](=O)[O-])ccc1NC(=O)CSc1nccn1-c1ccc(C)c(C)c1. The molecule has 3 aromatic rings. The zero-order valence-corrected chi connectivity index (χ0v) is 17.0. The predicted octanol–water partition coefficient (Wildman–Crippen LogP) is 4.14. The molecule has 0 radical (unpaired) electrons. The van der Waals surface area contributed by atoms with Gasteiger partial charge in [-0.3, -0.25) is 19.5 Å². The maximum absolute atomic E-state index is 12.4. The zero-order valence-electron chi connectivity index (χ0n) is 16.2. The molecule has 0 aliphatic heterocycles. The third-order valence-corrected chi connectivity index (χ3v) is 5.34. The Hall–Kier alpha value is -3.33. The van der Waals surface area contributed by atoms with Crippen molar-refractivity contribution >= 4 is 29.0 Å². The van der Waals surface area contributed by atoms with Crippen LogP contribution in [0.5, 0.6) is 5.75 Å². The monoisotopic (exact) mass is 412 g/mol. The number of aryl methyl sites for hydroxylation is 2. The fraction of sp³-hybridized carbons (Fsp3) is 0.200. The van der Waals surface area contributed by atoms with Crippen LogP contribution in [0, 0.1) is 24.0 Å². The summed E-state index contributed by atoms with van der Waals surface area (Å²) in [6.45, 7) is 4.10. The van der Waals surface area contributed by atoms with Gasteiger partial charge in [-0.2, -0.15) is 0 Å². The second kappa shape index (κ2) is 8.78. The van der Waals surface area contributed by atoms with E-state index in [-0.39, 0.29) is 23.1 Å². The van der Waals surface area contributed by atoms with Crippen LogP contribution < -0.4 is 10.1 Å². The highest BCUT2D eigenvalue weighted by molar-refractivity contribution is 7.99. The summed E-state index contributed by atoms with van der Waals surface area (Å²) >= 11 is 1.30. The molecule has 0 saturated carbocycles. The topological polar surface area (TPSA) is 99.3 Å². The van der Waals surface area contributed by atoms with Gasteiger partial charge in [0.15, 0.2) is 5.16 Å². The van der Waals surface area contributed by atoms with Gasteiger partial charge in [-0.15, -0.1) is 0 Å². The second-order valence-corrected chi connectivity index (χ2v) is 7.27. The van der Waals surface area contributed by atoms with E-state index < -0.39 is 4.92 Å². The smallest absolute Gasteiger partial charge is 0.273 e. The number of hydrogen-bond donors (Lipinski definition) is 1. The van der Waals surface area contributed by atoms with Crippen LogP contribution in [-0.2, 0) is 4.79 Å². The van der Waals surface area contributed by atoms with Crippen LogP contribution in [0.1, 0.15) is 11.1 Å². The van der Waals surface area contributed by atoms with E-state index in [1.807, 2.05) is 29.8 Å². The van der Waals surface area contributed by atoms with Crippen LogP contribution in [0.15, 0.2) is 53.9 Å². The number of anilines is 1. The minimum Gasteiger partial charge on any atom is -0.494 e. The summed E-state index contributed by atoms with van der Waals surface area (Å²) in [5, 5.41) is 14.3. The highest BCUT2D eigenvalue weighted by Gasteiger charge is 2.15. The molecular formula is C20H20N4O4S. The highest BCUT2D eigenvalue weighted by atomic mass is 32.2. The van der Waals surface area contributed by atoms with Crippen molar-refractivity contribution in [3.63, 3.8) is 0 Å². The van der Waals surface area contributed by atoms with Crippen molar-refractivity contribution in [1.82, 2.24) is 9.55 Å². The molecule has 0 unspecified atom stereocenters. The molecule has 9 heteroatoms. The molecule has 29 heavy (non-hydrogen) atoms. The van der Waals surface area contributed by atoms with Gasteiger partial charge in [0, 0.05) is 24.1 Å². The Balaban J connectivity index is 1.69. The highest BCUT2D eigenvalue weighted by Crippen LogP contribution is 2.29. The Kier molecular flexibility index (Phi) is 6.18. The lowest BCUT2D eigenvalue weighted by atomic mass is 10.1. The van der Waals surface area contributed by atoms with Crippen molar-refractivity contribution in [3.8, 4) is 11.4 Å². The van der Waals surface area contributed by atoms with Gasteiger partial charge in [0.1, 0.15) is 5.75 Å². The molecule has 1 N–H and O–H groups in total. The normalized spacial score (nSPS) is 10.6. The lowest BCUT2D eigenvalue weighted by molar-refractivity contribution is -0.384. The first kappa shape index (κ1) is 20.4. The third-order valence-electron chi connectivity index (χ3n) is 4.38. The maximum atomic E-state index is 12.4. The van der Waals surface area contributed by atoms with Gasteiger partial charge in [0.25, 0.3) is 5.69 Å². The van der Waals surface area contributed by atoms with E-state index in [0.29, 0.717) is 10.8 Å². The summed E-state index contributed by atoms with van der Waals surface area (Å²) in [5.41, 5.74) is 3.63. The number of thioether (sulfide) groups is 1. The van der Waals surface area contributed by atoms with Gasteiger partial charge in [-0.25, -0.2) is 4.98 Å². The Morgan fingerprint density at radius 1 is 1.24 bits per heavy atom. The molecule has 0 fully saturated rings. The number of methoxy groups -OCH3 is 1. The number of nitro groups is 1. The van der Waals surface area contributed by atoms with Crippen LogP contribution in [0.4, 0.5) is 11.4 Å². The number of carbonyl (C=O) groups excluding carboxylic acids is 1. The summed E-state index contributed by atoms with van der Waals surface area (Å²) in [4.78, 5) is 27.1. The number of amides is 1. The summed E-state index contributed by atoms with van der Waals surface area (Å²) in [5.74, 6) is 0.0908. The minimum atomic E-state index is -0.517.